The molecule has 0 N–H and O–H groups in total. The van der Waals surface area contributed by atoms with Gasteiger partial charge in [-0.1, -0.05) is 12.1 Å². The van der Waals surface area contributed by atoms with Crippen LogP contribution in [0.1, 0.15) is 12.8 Å². The van der Waals surface area contributed by atoms with Gasteiger partial charge in [0.15, 0.2) is 0 Å². The van der Waals surface area contributed by atoms with E-state index in [1.807, 2.05) is 23.6 Å². The number of thiophene rings is 1. The molecule has 4 rings (SSSR count). The van der Waals surface area contributed by atoms with Crippen LogP contribution in [0.15, 0.2) is 46.0 Å². The Kier molecular flexibility index (Phi) is 5.91. The second kappa shape index (κ2) is 8.41. The zero-order chi connectivity index (χ0) is 19.6. The average molecular weight is 422 g/mol. The molecule has 2 saturated heterocycles. The van der Waals surface area contributed by atoms with E-state index in [0.29, 0.717) is 24.0 Å². The highest BCUT2D eigenvalue weighted by Gasteiger charge is 2.34. The zero-order valence-electron chi connectivity index (χ0n) is 16.2. The fourth-order valence-electron chi connectivity index (χ4n) is 4.20. The van der Waals surface area contributed by atoms with E-state index in [9.17, 15) is 8.42 Å². The minimum atomic E-state index is -3.36. The summed E-state index contributed by atoms with van der Waals surface area (Å²) in [5.41, 5.74) is 1.13. The Morgan fingerprint density at radius 2 is 1.86 bits per heavy atom. The first-order chi connectivity index (χ1) is 13.6. The van der Waals surface area contributed by atoms with Crippen molar-refractivity contribution < 1.29 is 13.2 Å². The Balaban J connectivity index is 1.39. The van der Waals surface area contributed by atoms with Crippen molar-refractivity contribution in [1.29, 1.82) is 0 Å². The highest BCUT2D eigenvalue weighted by atomic mass is 32.2. The summed E-state index contributed by atoms with van der Waals surface area (Å²) in [5, 5.41) is 3.55. The van der Waals surface area contributed by atoms with Gasteiger partial charge in [-0.3, -0.25) is 4.90 Å². The molecule has 0 aliphatic carbocycles. The van der Waals surface area contributed by atoms with Crippen LogP contribution < -0.4 is 9.64 Å². The molecule has 0 saturated carbocycles. The predicted octanol–water partition coefficient (Wildman–Crippen LogP) is 2.73. The Hall–Kier alpha value is -1.61. The van der Waals surface area contributed by atoms with Crippen LogP contribution in [0, 0.1) is 0 Å². The van der Waals surface area contributed by atoms with Gasteiger partial charge in [-0.2, -0.15) is 15.6 Å². The van der Waals surface area contributed by atoms with E-state index in [4.69, 9.17) is 4.74 Å². The number of piperazine rings is 1. The van der Waals surface area contributed by atoms with Crippen LogP contribution in [0.3, 0.4) is 0 Å². The molecule has 1 aromatic heterocycles. The number of para-hydroxylation sites is 2. The molecule has 2 aliphatic rings. The number of benzene rings is 1. The Morgan fingerprint density at radius 1 is 1.07 bits per heavy atom. The average Bonchev–Trinajstić information content (AvgIpc) is 3.30. The van der Waals surface area contributed by atoms with Crippen molar-refractivity contribution in [2.45, 2.75) is 23.8 Å². The Morgan fingerprint density at radius 3 is 2.57 bits per heavy atom. The van der Waals surface area contributed by atoms with Gasteiger partial charge in [0.25, 0.3) is 0 Å². The van der Waals surface area contributed by atoms with Crippen LogP contribution in [0.5, 0.6) is 5.75 Å². The number of ether oxygens (including phenoxy) is 1. The van der Waals surface area contributed by atoms with Crippen LogP contribution in [0.2, 0.25) is 0 Å². The standard InChI is InChI=1S/C20H27N3O3S2/c1-26-20-7-3-2-6-19(20)22-12-10-21(11-13-22)17-5-4-9-23(15-17)28(24,25)18-8-14-27-16-18/h2-3,6-8,14,16-17H,4-5,9-13,15H2,1H3. The van der Waals surface area contributed by atoms with Crippen LogP contribution in [0.4, 0.5) is 5.69 Å². The number of methoxy groups -OCH3 is 1. The monoisotopic (exact) mass is 421 g/mol. The second-order valence-electron chi connectivity index (χ2n) is 7.31. The minimum absolute atomic E-state index is 0.293. The molecule has 2 fully saturated rings. The first-order valence-corrected chi connectivity index (χ1v) is 12.1. The van der Waals surface area contributed by atoms with Gasteiger partial charge in [-0.05, 0) is 36.4 Å². The summed E-state index contributed by atoms with van der Waals surface area (Å²) in [6.45, 7) is 4.94. The molecule has 6 nitrogen and oxygen atoms in total. The molecule has 3 heterocycles. The molecule has 1 atom stereocenters. The number of piperidine rings is 1. The van der Waals surface area contributed by atoms with Crippen molar-refractivity contribution in [3.8, 4) is 5.75 Å². The number of hydrogen-bond donors (Lipinski definition) is 0. The third kappa shape index (κ3) is 3.91. The summed E-state index contributed by atoms with van der Waals surface area (Å²) in [6, 6.07) is 10.1. The molecule has 1 aromatic carbocycles. The molecule has 8 heteroatoms. The second-order valence-corrected chi connectivity index (χ2v) is 10.0. The molecule has 0 bridgehead atoms. The molecule has 0 amide bonds. The Bertz CT molecular complexity index is 878. The van der Waals surface area contributed by atoms with Crippen LogP contribution in [-0.2, 0) is 10.0 Å². The topological polar surface area (TPSA) is 53.1 Å². The van der Waals surface area contributed by atoms with Crippen molar-refractivity contribution in [2.24, 2.45) is 0 Å². The summed E-state index contributed by atoms with van der Waals surface area (Å²) < 4.78 is 32.9. The summed E-state index contributed by atoms with van der Waals surface area (Å²) in [7, 11) is -1.65. The third-order valence-electron chi connectivity index (χ3n) is 5.75. The number of anilines is 1. The van der Waals surface area contributed by atoms with E-state index in [0.717, 1.165) is 50.5 Å². The van der Waals surface area contributed by atoms with Crippen molar-refractivity contribution in [1.82, 2.24) is 9.21 Å². The van der Waals surface area contributed by atoms with E-state index < -0.39 is 10.0 Å². The van der Waals surface area contributed by atoms with E-state index >= 15 is 0 Å². The van der Waals surface area contributed by atoms with E-state index in [1.165, 1.54) is 11.3 Å². The van der Waals surface area contributed by atoms with Crippen molar-refractivity contribution in [2.75, 3.05) is 51.3 Å². The summed E-state index contributed by atoms with van der Waals surface area (Å²) in [5.74, 6) is 0.904. The van der Waals surface area contributed by atoms with Crippen molar-refractivity contribution in [3.63, 3.8) is 0 Å². The molecule has 0 spiro atoms. The molecule has 28 heavy (non-hydrogen) atoms. The van der Waals surface area contributed by atoms with Gasteiger partial charge in [0, 0.05) is 50.7 Å². The number of rotatable bonds is 5. The lowest BCUT2D eigenvalue weighted by atomic mass is 10.0. The summed E-state index contributed by atoms with van der Waals surface area (Å²) >= 11 is 1.43. The number of hydrogen-bond acceptors (Lipinski definition) is 6. The number of sulfonamides is 1. The lowest BCUT2D eigenvalue weighted by Crippen LogP contribution is -2.55. The van der Waals surface area contributed by atoms with E-state index in [2.05, 4.69) is 15.9 Å². The zero-order valence-corrected chi connectivity index (χ0v) is 17.8. The van der Waals surface area contributed by atoms with Crippen LogP contribution >= 0.6 is 11.3 Å². The lowest BCUT2D eigenvalue weighted by molar-refractivity contribution is 0.128. The first kappa shape index (κ1) is 19.7. The van der Waals surface area contributed by atoms with Gasteiger partial charge in [0.05, 0.1) is 17.7 Å². The summed E-state index contributed by atoms with van der Waals surface area (Å²) in [4.78, 5) is 5.25. The molecular formula is C20H27N3O3S2. The molecule has 2 aromatic rings. The fourth-order valence-corrected chi connectivity index (χ4v) is 6.74. The maximum Gasteiger partial charge on any atom is 0.243 e. The largest absolute Gasteiger partial charge is 0.495 e. The van der Waals surface area contributed by atoms with Gasteiger partial charge < -0.3 is 9.64 Å². The SMILES string of the molecule is COc1ccccc1N1CCN(C2CCCN(S(=O)(=O)c3ccsc3)C2)CC1. The fraction of sp³-hybridized carbons (Fsp3) is 0.500. The highest BCUT2D eigenvalue weighted by Crippen LogP contribution is 2.30. The smallest absolute Gasteiger partial charge is 0.243 e. The minimum Gasteiger partial charge on any atom is -0.495 e. The van der Waals surface area contributed by atoms with Crippen molar-refractivity contribution >= 4 is 27.0 Å². The predicted molar refractivity (Wildman–Crippen MR) is 113 cm³/mol. The molecule has 1 unspecified atom stereocenters. The lowest BCUT2D eigenvalue weighted by Gasteiger charge is -2.43. The van der Waals surface area contributed by atoms with Crippen LogP contribution in [-0.4, -0.2) is 70.0 Å². The molecular weight excluding hydrogens is 394 g/mol. The van der Waals surface area contributed by atoms with Gasteiger partial charge >= 0.3 is 0 Å². The molecule has 152 valence electrons. The van der Waals surface area contributed by atoms with Gasteiger partial charge in [0.2, 0.25) is 10.0 Å². The maximum absolute atomic E-state index is 12.9. The number of nitrogens with zero attached hydrogens (tertiary/aromatic N) is 3. The molecule has 2 aliphatic heterocycles. The van der Waals surface area contributed by atoms with Gasteiger partial charge in [0.1, 0.15) is 5.75 Å². The normalized spacial score (nSPS) is 22.3. The highest BCUT2D eigenvalue weighted by molar-refractivity contribution is 7.89. The van der Waals surface area contributed by atoms with Crippen molar-refractivity contribution in [3.05, 3.63) is 41.1 Å². The van der Waals surface area contributed by atoms with Gasteiger partial charge in [-0.25, -0.2) is 8.42 Å². The summed E-state index contributed by atoms with van der Waals surface area (Å²) in [6.07, 6.45) is 1.98. The molecule has 0 radical (unpaired) electrons. The van der Waals surface area contributed by atoms with E-state index in [-0.39, 0.29) is 0 Å². The maximum atomic E-state index is 12.9. The quantitative estimate of drug-likeness (QED) is 0.743. The Labute approximate surface area is 171 Å². The van der Waals surface area contributed by atoms with Crippen LogP contribution in [0.25, 0.3) is 0 Å². The first-order valence-electron chi connectivity index (χ1n) is 9.74. The van der Waals surface area contributed by atoms with E-state index in [1.54, 1.807) is 22.9 Å². The third-order valence-corrected chi connectivity index (χ3v) is 8.44. The van der Waals surface area contributed by atoms with Gasteiger partial charge in [-0.15, -0.1) is 0 Å².